The van der Waals surface area contributed by atoms with Crippen molar-refractivity contribution < 1.29 is 32.7 Å². The van der Waals surface area contributed by atoms with Gasteiger partial charge >= 0.3 is 0 Å². The van der Waals surface area contributed by atoms with Crippen LogP contribution in [0.25, 0.3) is 0 Å². The van der Waals surface area contributed by atoms with Crippen molar-refractivity contribution in [3.05, 3.63) is 59.7 Å². The van der Waals surface area contributed by atoms with Crippen LogP contribution in [0.1, 0.15) is 18.1 Å². The van der Waals surface area contributed by atoms with E-state index in [2.05, 4.69) is 0 Å². The highest BCUT2D eigenvalue weighted by atomic mass is 32.2. The second kappa shape index (κ2) is 9.18. The highest BCUT2D eigenvalue weighted by molar-refractivity contribution is 7.85. The van der Waals surface area contributed by atoms with Gasteiger partial charge in [0.1, 0.15) is 24.7 Å². The zero-order valence-electron chi connectivity index (χ0n) is 15.0. The Balaban J connectivity index is 2.37. The van der Waals surface area contributed by atoms with Crippen molar-refractivity contribution in [3.8, 4) is 11.5 Å². The van der Waals surface area contributed by atoms with Gasteiger partial charge < -0.3 is 19.7 Å². The molecule has 2 aromatic rings. The summed E-state index contributed by atoms with van der Waals surface area (Å²) in [4.78, 5) is 0. The third-order valence-corrected chi connectivity index (χ3v) is 5.12. The molecule has 0 saturated heterocycles. The van der Waals surface area contributed by atoms with Gasteiger partial charge in [-0.05, 0) is 35.4 Å². The molecule has 2 rings (SSSR count). The van der Waals surface area contributed by atoms with E-state index in [9.17, 15) is 13.0 Å². The number of aliphatic hydroxyl groups excluding tert-OH is 2. The minimum absolute atomic E-state index is 0.104. The van der Waals surface area contributed by atoms with E-state index in [1.54, 1.807) is 55.5 Å². The van der Waals surface area contributed by atoms with Gasteiger partial charge in [-0.15, -0.1) is 0 Å². The summed E-state index contributed by atoms with van der Waals surface area (Å²) in [6.45, 7) is 1.85. The maximum absolute atomic E-state index is 11.7. The fourth-order valence-corrected chi connectivity index (χ4v) is 3.93. The first-order valence-electron chi connectivity index (χ1n) is 8.42. The van der Waals surface area contributed by atoms with Crippen molar-refractivity contribution in [1.82, 2.24) is 0 Å². The Hall–Kier alpha value is -2.13. The van der Waals surface area contributed by atoms with E-state index in [1.165, 1.54) is 0 Å². The molecule has 0 aliphatic heterocycles. The molecule has 0 aromatic heterocycles. The lowest BCUT2D eigenvalue weighted by atomic mass is 9.78. The summed E-state index contributed by atoms with van der Waals surface area (Å²) < 4.78 is 43.5. The minimum Gasteiger partial charge on any atom is -0.491 e. The molecule has 0 spiro atoms. The van der Waals surface area contributed by atoms with Crippen LogP contribution in [0.15, 0.2) is 48.5 Å². The van der Waals surface area contributed by atoms with Gasteiger partial charge in [-0.2, -0.15) is 8.42 Å². The van der Waals surface area contributed by atoms with Crippen LogP contribution in [-0.4, -0.2) is 55.4 Å². The van der Waals surface area contributed by atoms with E-state index in [1.807, 2.05) is 0 Å². The van der Waals surface area contributed by atoms with Crippen molar-refractivity contribution in [2.75, 3.05) is 32.2 Å². The Morgan fingerprint density at radius 1 is 0.815 bits per heavy atom. The third kappa shape index (κ3) is 5.93. The predicted molar refractivity (Wildman–Crippen MR) is 101 cm³/mol. The van der Waals surface area contributed by atoms with Gasteiger partial charge in [-0.1, -0.05) is 31.2 Å². The number of hydrogen-bond acceptors (Lipinski definition) is 6. The van der Waals surface area contributed by atoms with E-state index >= 15 is 0 Å². The lowest BCUT2D eigenvalue weighted by Gasteiger charge is -2.30. The average Bonchev–Trinajstić information content (AvgIpc) is 2.64. The van der Waals surface area contributed by atoms with Gasteiger partial charge in [-0.25, -0.2) is 0 Å². The molecule has 0 fully saturated rings. The van der Waals surface area contributed by atoms with E-state index in [-0.39, 0.29) is 26.4 Å². The standard InChI is InChI=1S/C19H24O7S/c1-19(14-27(22,23)24,15-2-6-17(7-3-15)25-12-10-20)16-4-8-18(9-5-16)26-13-11-21/h2-9,20-21H,10-14H2,1H3,(H,22,23,24). The first-order valence-corrected chi connectivity index (χ1v) is 10.0. The Morgan fingerprint density at radius 3 is 1.48 bits per heavy atom. The normalized spacial score (nSPS) is 12.0. The zero-order valence-corrected chi connectivity index (χ0v) is 15.9. The van der Waals surface area contributed by atoms with Crippen LogP contribution in [-0.2, 0) is 15.5 Å². The Bertz CT molecular complexity index is 763. The van der Waals surface area contributed by atoms with Crippen LogP contribution < -0.4 is 9.47 Å². The molecule has 7 nitrogen and oxygen atoms in total. The smallest absolute Gasteiger partial charge is 0.266 e. The number of ether oxygens (including phenoxy) is 2. The number of rotatable bonds is 10. The van der Waals surface area contributed by atoms with E-state index in [4.69, 9.17) is 19.7 Å². The number of hydrogen-bond donors (Lipinski definition) is 3. The summed E-state index contributed by atoms with van der Waals surface area (Å²) in [7, 11) is -4.26. The second-order valence-electron chi connectivity index (χ2n) is 6.25. The lowest BCUT2D eigenvalue weighted by molar-refractivity contribution is 0.201. The lowest BCUT2D eigenvalue weighted by Crippen LogP contribution is -2.32. The fourth-order valence-electron chi connectivity index (χ4n) is 2.86. The van der Waals surface area contributed by atoms with Crippen LogP contribution >= 0.6 is 0 Å². The highest BCUT2D eigenvalue weighted by Crippen LogP contribution is 2.35. The number of benzene rings is 2. The summed E-state index contributed by atoms with van der Waals surface area (Å²) in [5, 5.41) is 17.6. The van der Waals surface area contributed by atoms with Gasteiger partial charge in [0, 0.05) is 5.41 Å². The fraction of sp³-hybridized carbons (Fsp3) is 0.368. The zero-order chi connectivity index (χ0) is 19.9. The van der Waals surface area contributed by atoms with E-state index in [0.717, 1.165) is 0 Å². The summed E-state index contributed by atoms with van der Waals surface area (Å²) in [6, 6.07) is 13.7. The first kappa shape index (κ1) is 21.2. The quantitative estimate of drug-likeness (QED) is 0.523. The second-order valence-corrected chi connectivity index (χ2v) is 7.70. The van der Waals surface area contributed by atoms with Crippen molar-refractivity contribution in [1.29, 1.82) is 0 Å². The van der Waals surface area contributed by atoms with Gasteiger partial charge in [0.05, 0.1) is 19.0 Å². The van der Waals surface area contributed by atoms with Gasteiger partial charge in [0.2, 0.25) is 0 Å². The molecule has 148 valence electrons. The largest absolute Gasteiger partial charge is 0.491 e. The molecule has 3 N–H and O–H groups in total. The summed E-state index contributed by atoms with van der Waals surface area (Å²) in [5.74, 6) is 0.609. The van der Waals surface area contributed by atoms with Crippen LogP contribution in [0.4, 0.5) is 0 Å². The molecule has 0 aliphatic carbocycles. The molecular weight excluding hydrogens is 372 g/mol. The van der Waals surface area contributed by atoms with E-state index in [0.29, 0.717) is 22.6 Å². The van der Waals surface area contributed by atoms with Crippen LogP contribution in [0.3, 0.4) is 0 Å². The summed E-state index contributed by atoms with van der Waals surface area (Å²) in [6.07, 6.45) is 0. The molecule has 0 bridgehead atoms. The Morgan fingerprint density at radius 2 is 1.19 bits per heavy atom. The van der Waals surface area contributed by atoms with Crippen LogP contribution in [0.2, 0.25) is 0 Å². The van der Waals surface area contributed by atoms with E-state index < -0.39 is 21.3 Å². The predicted octanol–water partition coefficient (Wildman–Crippen LogP) is 1.62. The molecule has 0 saturated carbocycles. The molecule has 0 unspecified atom stereocenters. The SMILES string of the molecule is CC(CS(=O)(=O)O)(c1ccc(OCCO)cc1)c1ccc(OCCO)cc1. The van der Waals surface area contributed by atoms with Gasteiger partial charge in [0.15, 0.2) is 0 Å². The molecule has 2 aromatic carbocycles. The van der Waals surface area contributed by atoms with Crippen molar-refractivity contribution in [2.45, 2.75) is 12.3 Å². The Labute approximate surface area is 158 Å². The maximum atomic E-state index is 11.7. The summed E-state index contributed by atoms with van der Waals surface area (Å²) >= 11 is 0. The maximum Gasteiger partial charge on any atom is 0.266 e. The molecule has 0 atom stereocenters. The number of aliphatic hydroxyl groups is 2. The van der Waals surface area contributed by atoms with Crippen molar-refractivity contribution in [3.63, 3.8) is 0 Å². The molecular formula is C19H24O7S. The average molecular weight is 396 g/mol. The molecule has 27 heavy (non-hydrogen) atoms. The van der Waals surface area contributed by atoms with Gasteiger partial charge in [-0.3, -0.25) is 4.55 Å². The first-order chi connectivity index (χ1) is 12.8. The van der Waals surface area contributed by atoms with Crippen LogP contribution in [0, 0.1) is 0 Å². The minimum atomic E-state index is -4.26. The monoisotopic (exact) mass is 396 g/mol. The summed E-state index contributed by atoms with van der Waals surface area (Å²) in [5.41, 5.74) is 0.361. The highest BCUT2D eigenvalue weighted by Gasteiger charge is 2.34. The third-order valence-electron chi connectivity index (χ3n) is 4.17. The van der Waals surface area contributed by atoms with Crippen LogP contribution in [0.5, 0.6) is 11.5 Å². The molecule has 0 radical (unpaired) electrons. The molecule has 0 amide bonds. The van der Waals surface area contributed by atoms with Gasteiger partial charge in [0.25, 0.3) is 10.1 Å². The van der Waals surface area contributed by atoms with Crippen molar-refractivity contribution in [2.24, 2.45) is 0 Å². The molecule has 0 heterocycles. The molecule has 8 heteroatoms. The van der Waals surface area contributed by atoms with Crippen molar-refractivity contribution >= 4 is 10.1 Å². The Kier molecular flexibility index (Phi) is 7.20. The molecule has 0 aliphatic rings. The topological polar surface area (TPSA) is 113 Å².